The number of rotatable bonds is 3. The van der Waals surface area contributed by atoms with Gasteiger partial charge >= 0.3 is 0 Å². The first-order valence-electron chi connectivity index (χ1n) is 5.96. The van der Waals surface area contributed by atoms with E-state index in [4.69, 9.17) is 5.73 Å². The molecule has 0 aliphatic carbocycles. The molecule has 0 radical (unpaired) electrons. The second-order valence-corrected chi connectivity index (χ2v) is 5.80. The highest BCUT2D eigenvalue weighted by Gasteiger charge is 2.24. The van der Waals surface area contributed by atoms with Gasteiger partial charge in [-0.05, 0) is 43.1 Å². The summed E-state index contributed by atoms with van der Waals surface area (Å²) in [6, 6.07) is 4.93. The SMILES string of the molecule is CC(N(C)Cc1cc(F)ccc1N)C(C)(C)C. The smallest absolute Gasteiger partial charge is 0.123 e. The van der Waals surface area contributed by atoms with Crippen molar-refractivity contribution in [3.8, 4) is 0 Å². The van der Waals surface area contributed by atoms with Gasteiger partial charge in [0.25, 0.3) is 0 Å². The molecule has 0 aliphatic rings. The molecule has 0 saturated heterocycles. The van der Waals surface area contributed by atoms with Crippen LogP contribution in [0.15, 0.2) is 18.2 Å². The molecule has 0 amide bonds. The van der Waals surface area contributed by atoms with Crippen LogP contribution >= 0.6 is 0 Å². The zero-order valence-corrected chi connectivity index (χ0v) is 11.4. The maximum absolute atomic E-state index is 13.2. The summed E-state index contributed by atoms with van der Waals surface area (Å²) in [5.41, 5.74) is 7.55. The van der Waals surface area contributed by atoms with Gasteiger partial charge in [0.15, 0.2) is 0 Å². The molecule has 17 heavy (non-hydrogen) atoms. The Hall–Kier alpha value is -1.09. The van der Waals surface area contributed by atoms with E-state index in [1.54, 1.807) is 6.07 Å². The minimum Gasteiger partial charge on any atom is -0.398 e. The van der Waals surface area contributed by atoms with E-state index < -0.39 is 0 Å². The molecule has 1 aromatic rings. The normalized spacial score (nSPS) is 14.1. The molecule has 3 heteroatoms. The van der Waals surface area contributed by atoms with Crippen molar-refractivity contribution in [1.29, 1.82) is 0 Å². The first kappa shape index (κ1) is 14.0. The van der Waals surface area contributed by atoms with Crippen LogP contribution in [0.25, 0.3) is 0 Å². The maximum atomic E-state index is 13.2. The minimum atomic E-state index is -0.231. The molecule has 0 aromatic heterocycles. The van der Waals surface area contributed by atoms with Gasteiger partial charge in [-0.3, -0.25) is 4.90 Å². The van der Waals surface area contributed by atoms with Crippen LogP contribution in [0.1, 0.15) is 33.3 Å². The molecule has 96 valence electrons. The first-order chi connectivity index (χ1) is 7.71. The van der Waals surface area contributed by atoms with Crippen molar-refractivity contribution in [1.82, 2.24) is 4.90 Å². The van der Waals surface area contributed by atoms with E-state index in [0.717, 1.165) is 5.56 Å². The van der Waals surface area contributed by atoms with Crippen molar-refractivity contribution in [3.63, 3.8) is 0 Å². The monoisotopic (exact) mass is 238 g/mol. The fourth-order valence-electron chi connectivity index (χ4n) is 1.78. The molecule has 0 fully saturated rings. The molecule has 0 saturated carbocycles. The number of anilines is 1. The van der Waals surface area contributed by atoms with Crippen molar-refractivity contribution < 1.29 is 4.39 Å². The van der Waals surface area contributed by atoms with Gasteiger partial charge in [0.2, 0.25) is 0 Å². The summed E-state index contributed by atoms with van der Waals surface area (Å²) in [5.74, 6) is -0.231. The largest absolute Gasteiger partial charge is 0.398 e. The average molecular weight is 238 g/mol. The van der Waals surface area contributed by atoms with E-state index in [9.17, 15) is 4.39 Å². The van der Waals surface area contributed by atoms with Crippen molar-refractivity contribution in [3.05, 3.63) is 29.6 Å². The number of hydrogen-bond donors (Lipinski definition) is 1. The van der Waals surface area contributed by atoms with E-state index in [1.165, 1.54) is 12.1 Å². The second kappa shape index (κ2) is 5.05. The summed E-state index contributed by atoms with van der Waals surface area (Å²) >= 11 is 0. The minimum absolute atomic E-state index is 0.191. The van der Waals surface area contributed by atoms with E-state index >= 15 is 0 Å². The summed E-state index contributed by atoms with van der Waals surface area (Å²) in [5, 5.41) is 0. The van der Waals surface area contributed by atoms with E-state index in [-0.39, 0.29) is 11.2 Å². The van der Waals surface area contributed by atoms with Crippen LogP contribution in [-0.4, -0.2) is 18.0 Å². The van der Waals surface area contributed by atoms with Crippen molar-refractivity contribution in [2.75, 3.05) is 12.8 Å². The van der Waals surface area contributed by atoms with Gasteiger partial charge in [0.1, 0.15) is 5.82 Å². The number of halogens is 1. The third-order valence-electron chi connectivity index (χ3n) is 3.44. The number of benzene rings is 1. The number of nitrogens with zero attached hydrogens (tertiary/aromatic N) is 1. The predicted molar refractivity (Wildman–Crippen MR) is 71.2 cm³/mol. The number of nitrogens with two attached hydrogens (primary N) is 1. The van der Waals surface area contributed by atoms with Crippen LogP contribution in [0.4, 0.5) is 10.1 Å². The van der Waals surface area contributed by atoms with Gasteiger partial charge in [-0.1, -0.05) is 20.8 Å². The summed E-state index contributed by atoms with van der Waals surface area (Å²) in [7, 11) is 2.04. The number of hydrogen-bond acceptors (Lipinski definition) is 2. The zero-order chi connectivity index (χ0) is 13.2. The van der Waals surface area contributed by atoms with E-state index in [1.807, 2.05) is 7.05 Å². The molecule has 2 N–H and O–H groups in total. The summed E-state index contributed by atoms with van der Waals surface area (Å²) in [4.78, 5) is 2.20. The molecular formula is C14H23FN2. The standard InChI is InChI=1S/C14H23FN2/c1-10(14(2,3)4)17(5)9-11-8-12(15)6-7-13(11)16/h6-8,10H,9,16H2,1-5H3. The van der Waals surface area contributed by atoms with Crippen LogP contribution in [0.5, 0.6) is 0 Å². The zero-order valence-electron chi connectivity index (χ0n) is 11.4. The van der Waals surface area contributed by atoms with Gasteiger partial charge in [-0.25, -0.2) is 4.39 Å². The van der Waals surface area contributed by atoms with E-state index in [0.29, 0.717) is 18.3 Å². The predicted octanol–water partition coefficient (Wildman–Crippen LogP) is 3.27. The highest BCUT2D eigenvalue weighted by atomic mass is 19.1. The molecule has 1 atom stereocenters. The first-order valence-corrected chi connectivity index (χ1v) is 5.96. The topological polar surface area (TPSA) is 29.3 Å². The van der Waals surface area contributed by atoms with Gasteiger partial charge in [-0.2, -0.15) is 0 Å². The lowest BCUT2D eigenvalue weighted by Crippen LogP contribution is -2.38. The van der Waals surface area contributed by atoms with Crippen LogP contribution in [0.2, 0.25) is 0 Å². The quantitative estimate of drug-likeness (QED) is 0.819. The highest BCUT2D eigenvalue weighted by molar-refractivity contribution is 5.46. The molecule has 0 bridgehead atoms. The third-order valence-corrected chi connectivity index (χ3v) is 3.44. The van der Waals surface area contributed by atoms with Crippen LogP contribution < -0.4 is 5.73 Å². The van der Waals surface area contributed by atoms with Crippen molar-refractivity contribution >= 4 is 5.69 Å². The Bertz CT molecular complexity index is 382. The fraction of sp³-hybridized carbons (Fsp3) is 0.571. The maximum Gasteiger partial charge on any atom is 0.123 e. The van der Waals surface area contributed by atoms with Crippen LogP contribution in [0.3, 0.4) is 0 Å². The average Bonchev–Trinajstić information content (AvgIpc) is 2.21. The Morgan fingerprint density at radius 3 is 2.47 bits per heavy atom. The van der Waals surface area contributed by atoms with Crippen molar-refractivity contribution in [2.24, 2.45) is 5.41 Å². The Morgan fingerprint density at radius 2 is 1.94 bits per heavy atom. The molecule has 1 aromatic carbocycles. The van der Waals surface area contributed by atoms with Crippen LogP contribution in [-0.2, 0) is 6.54 Å². The molecule has 2 nitrogen and oxygen atoms in total. The van der Waals surface area contributed by atoms with E-state index in [2.05, 4.69) is 32.6 Å². The summed E-state index contributed by atoms with van der Waals surface area (Å²) < 4.78 is 13.2. The number of nitrogen functional groups attached to an aromatic ring is 1. The lowest BCUT2D eigenvalue weighted by atomic mass is 9.87. The molecule has 0 aliphatic heterocycles. The third kappa shape index (κ3) is 3.70. The van der Waals surface area contributed by atoms with Gasteiger partial charge in [0, 0.05) is 18.3 Å². The van der Waals surface area contributed by atoms with Gasteiger partial charge < -0.3 is 5.73 Å². The summed E-state index contributed by atoms with van der Waals surface area (Å²) in [6.07, 6.45) is 0. The highest BCUT2D eigenvalue weighted by Crippen LogP contribution is 2.25. The Morgan fingerprint density at radius 1 is 1.35 bits per heavy atom. The Balaban J connectivity index is 2.81. The molecule has 1 rings (SSSR count). The van der Waals surface area contributed by atoms with Crippen LogP contribution in [0, 0.1) is 11.2 Å². The molecule has 0 spiro atoms. The van der Waals surface area contributed by atoms with Crippen molar-refractivity contribution in [2.45, 2.75) is 40.3 Å². The summed E-state index contributed by atoms with van der Waals surface area (Å²) in [6.45, 7) is 9.44. The molecular weight excluding hydrogens is 215 g/mol. The Labute approximate surface area is 104 Å². The van der Waals surface area contributed by atoms with Gasteiger partial charge in [0.05, 0.1) is 0 Å². The molecule has 0 heterocycles. The fourth-order valence-corrected chi connectivity index (χ4v) is 1.78. The molecule has 1 unspecified atom stereocenters. The lowest BCUT2D eigenvalue weighted by Gasteiger charge is -2.35. The Kier molecular flexibility index (Phi) is 4.15. The lowest BCUT2D eigenvalue weighted by molar-refractivity contribution is 0.135. The second-order valence-electron chi connectivity index (χ2n) is 5.80. The van der Waals surface area contributed by atoms with Gasteiger partial charge in [-0.15, -0.1) is 0 Å².